The van der Waals surface area contributed by atoms with Crippen molar-refractivity contribution in [1.82, 2.24) is 4.98 Å². The molecule has 1 aromatic heterocycles. The summed E-state index contributed by atoms with van der Waals surface area (Å²) in [6.45, 7) is 1.85. The smallest absolute Gasteiger partial charge is 0.330 e. The second-order valence-corrected chi connectivity index (χ2v) is 2.59. The lowest BCUT2D eigenvalue weighted by molar-refractivity contribution is -0.134. The van der Waals surface area contributed by atoms with Gasteiger partial charge in [0.1, 0.15) is 0 Å². The number of hydrogen-bond donors (Lipinski definition) is 0. The van der Waals surface area contributed by atoms with Crippen molar-refractivity contribution in [2.45, 2.75) is 6.92 Å². The maximum Gasteiger partial charge on any atom is 0.330 e. The Morgan fingerprint density at radius 2 is 2.08 bits per heavy atom. The summed E-state index contributed by atoms with van der Waals surface area (Å²) in [4.78, 5) is 14.8. The molecule has 1 heterocycles. The number of pyridine rings is 1. The van der Waals surface area contributed by atoms with E-state index in [1.165, 1.54) is 13.2 Å². The van der Waals surface area contributed by atoms with Crippen molar-refractivity contribution in [3.63, 3.8) is 0 Å². The minimum atomic E-state index is -0.339. The number of ether oxygens (including phenoxy) is 1. The van der Waals surface area contributed by atoms with Crippen molar-refractivity contribution in [2.75, 3.05) is 7.11 Å². The fraction of sp³-hybridized carbons (Fsp3) is 0.200. The molecule has 0 saturated carbocycles. The second-order valence-electron chi connectivity index (χ2n) is 2.59. The molecule has 1 rings (SSSR count). The monoisotopic (exact) mass is 177 g/mol. The van der Waals surface area contributed by atoms with Crippen LogP contribution in [0.2, 0.25) is 0 Å². The zero-order valence-corrected chi connectivity index (χ0v) is 7.65. The van der Waals surface area contributed by atoms with E-state index in [0.717, 1.165) is 11.1 Å². The summed E-state index contributed by atoms with van der Waals surface area (Å²) in [6, 6.07) is 3.68. The Labute approximate surface area is 77.1 Å². The first-order valence-corrected chi connectivity index (χ1v) is 3.90. The van der Waals surface area contributed by atoms with Gasteiger partial charge in [-0.05, 0) is 30.2 Å². The fourth-order valence-corrected chi connectivity index (χ4v) is 0.934. The lowest BCUT2D eigenvalue weighted by atomic mass is 10.1. The largest absolute Gasteiger partial charge is 0.466 e. The third kappa shape index (κ3) is 2.71. The van der Waals surface area contributed by atoms with Crippen LogP contribution in [0, 0.1) is 0 Å². The van der Waals surface area contributed by atoms with Crippen LogP contribution < -0.4 is 0 Å². The number of hydrogen-bond acceptors (Lipinski definition) is 3. The van der Waals surface area contributed by atoms with Gasteiger partial charge < -0.3 is 4.74 Å². The number of allylic oxidation sites excluding steroid dienone is 1. The van der Waals surface area contributed by atoms with E-state index in [-0.39, 0.29) is 5.97 Å². The van der Waals surface area contributed by atoms with Crippen molar-refractivity contribution in [1.29, 1.82) is 0 Å². The minimum absolute atomic E-state index is 0.339. The van der Waals surface area contributed by atoms with Crippen LogP contribution in [0.4, 0.5) is 0 Å². The van der Waals surface area contributed by atoms with Crippen LogP contribution in [0.3, 0.4) is 0 Å². The zero-order chi connectivity index (χ0) is 9.68. The molecule has 13 heavy (non-hydrogen) atoms. The van der Waals surface area contributed by atoms with E-state index in [2.05, 4.69) is 9.72 Å². The predicted molar refractivity (Wildman–Crippen MR) is 49.9 cm³/mol. The summed E-state index contributed by atoms with van der Waals surface area (Å²) in [6.07, 6.45) is 4.82. The second kappa shape index (κ2) is 4.40. The molecule has 0 aromatic carbocycles. The summed E-state index contributed by atoms with van der Waals surface area (Å²) in [5, 5.41) is 0. The summed E-state index contributed by atoms with van der Waals surface area (Å²) in [5.41, 5.74) is 1.84. The number of nitrogens with zero attached hydrogens (tertiary/aromatic N) is 1. The maximum atomic E-state index is 10.9. The maximum absolute atomic E-state index is 10.9. The van der Waals surface area contributed by atoms with Gasteiger partial charge >= 0.3 is 5.97 Å². The summed E-state index contributed by atoms with van der Waals surface area (Å²) < 4.78 is 4.51. The lowest BCUT2D eigenvalue weighted by Crippen LogP contribution is -1.95. The molecular formula is C10H11NO2. The van der Waals surface area contributed by atoms with Gasteiger partial charge in [0, 0.05) is 18.5 Å². The van der Waals surface area contributed by atoms with Crippen LogP contribution in [0.1, 0.15) is 12.5 Å². The van der Waals surface area contributed by atoms with E-state index in [1.54, 1.807) is 12.4 Å². The Balaban J connectivity index is 2.85. The number of rotatable bonds is 2. The van der Waals surface area contributed by atoms with Crippen molar-refractivity contribution >= 4 is 11.5 Å². The molecule has 68 valence electrons. The third-order valence-corrected chi connectivity index (χ3v) is 1.67. The normalized spacial score (nSPS) is 11.1. The Morgan fingerprint density at radius 3 is 2.62 bits per heavy atom. The summed E-state index contributed by atoms with van der Waals surface area (Å²) in [5.74, 6) is -0.339. The Kier molecular flexibility index (Phi) is 3.20. The highest BCUT2D eigenvalue weighted by Crippen LogP contribution is 2.11. The van der Waals surface area contributed by atoms with E-state index < -0.39 is 0 Å². The van der Waals surface area contributed by atoms with Gasteiger partial charge in [0.25, 0.3) is 0 Å². The standard InChI is InChI=1S/C10H11NO2/c1-8(7-10(12)13-2)9-3-5-11-6-4-9/h3-7H,1-2H3/b8-7+. The number of methoxy groups -OCH3 is 1. The summed E-state index contributed by atoms with van der Waals surface area (Å²) in [7, 11) is 1.36. The van der Waals surface area contributed by atoms with Gasteiger partial charge in [-0.1, -0.05) is 0 Å². The van der Waals surface area contributed by atoms with Gasteiger partial charge in [0.15, 0.2) is 0 Å². The molecule has 1 aromatic rings. The molecule has 3 heteroatoms. The number of aromatic nitrogens is 1. The van der Waals surface area contributed by atoms with Gasteiger partial charge in [-0.15, -0.1) is 0 Å². The molecule has 0 atom stereocenters. The van der Waals surface area contributed by atoms with Crippen LogP contribution in [-0.4, -0.2) is 18.1 Å². The lowest BCUT2D eigenvalue weighted by Gasteiger charge is -1.99. The van der Waals surface area contributed by atoms with Gasteiger partial charge in [-0.25, -0.2) is 4.79 Å². The van der Waals surface area contributed by atoms with E-state index >= 15 is 0 Å². The molecular weight excluding hydrogens is 166 g/mol. The van der Waals surface area contributed by atoms with E-state index in [9.17, 15) is 4.79 Å². The molecule has 0 aliphatic rings. The first-order valence-electron chi connectivity index (χ1n) is 3.90. The van der Waals surface area contributed by atoms with Crippen LogP contribution >= 0.6 is 0 Å². The number of carbonyl (C=O) groups is 1. The average molecular weight is 177 g/mol. The average Bonchev–Trinajstić information content (AvgIpc) is 2.19. The quantitative estimate of drug-likeness (QED) is 0.509. The fourth-order valence-electron chi connectivity index (χ4n) is 0.934. The topological polar surface area (TPSA) is 39.2 Å². The van der Waals surface area contributed by atoms with E-state index in [4.69, 9.17) is 0 Å². The first-order chi connectivity index (χ1) is 6.24. The first kappa shape index (κ1) is 9.45. The highest BCUT2D eigenvalue weighted by Gasteiger charge is 1.98. The predicted octanol–water partition coefficient (Wildman–Crippen LogP) is 1.66. The number of carbonyl (C=O) groups excluding carboxylic acids is 1. The molecule has 0 N–H and O–H groups in total. The third-order valence-electron chi connectivity index (χ3n) is 1.67. The van der Waals surface area contributed by atoms with Crippen LogP contribution in [0.15, 0.2) is 30.6 Å². The highest BCUT2D eigenvalue weighted by molar-refractivity contribution is 5.90. The molecule has 3 nitrogen and oxygen atoms in total. The van der Waals surface area contributed by atoms with Crippen LogP contribution in [0.5, 0.6) is 0 Å². The highest BCUT2D eigenvalue weighted by atomic mass is 16.5. The minimum Gasteiger partial charge on any atom is -0.466 e. The zero-order valence-electron chi connectivity index (χ0n) is 7.65. The molecule has 0 amide bonds. The number of esters is 1. The summed E-state index contributed by atoms with van der Waals surface area (Å²) >= 11 is 0. The molecule has 0 aliphatic carbocycles. The molecule has 0 aliphatic heterocycles. The van der Waals surface area contributed by atoms with Gasteiger partial charge in [0.05, 0.1) is 7.11 Å². The van der Waals surface area contributed by atoms with Crippen molar-refractivity contribution < 1.29 is 9.53 Å². The SMILES string of the molecule is COC(=O)/C=C(\C)c1ccncc1. The molecule has 0 radical (unpaired) electrons. The van der Waals surface area contributed by atoms with Crippen molar-refractivity contribution in [3.8, 4) is 0 Å². The van der Waals surface area contributed by atoms with Crippen LogP contribution in [0.25, 0.3) is 5.57 Å². The molecule has 0 fully saturated rings. The van der Waals surface area contributed by atoms with Gasteiger partial charge in [-0.2, -0.15) is 0 Å². The molecule has 0 unspecified atom stereocenters. The van der Waals surface area contributed by atoms with Crippen LogP contribution in [-0.2, 0) is 9.53 Å². The Morgan fingerprint density at radius 1 is 1.46 bits per heavy atom. The van der Waals surface area contributed by atoms with Gasteiger partial charge in [0.2, 0.25) is 0 Å². The molecule has 0 saturated heterocycles. The van der Waals surface area contributed by atoms with Crippen molar-refractivity contribution in [2.24, 2.45) is 0 Å². The Hall–Kier alpha value is -1.64. The van der Waals surface area contributed by atoms with Gasteiger partial charge in [-0.3, -0.25) is 4.98 Å². The Bertz CT molecular complexity index is 317. The molecule has 0 bridgehead atoms. The molecule has 0 spiro atoms. The van der Waals surface area contributed by atoms with E-state index in [1.807, 2.05) is 19.1 Å². The van der Waals surface area contributed by atoms with E-state index in [0.29, 0.717) is 0 Å². The van der Waals surface area contributed by atoms with Crippen molar-refractivity contribution in [3.05, 3.63) is 36.2 Å².